The minimum atomic E-state index is -3.66. The SMILES string of the molecule is CC.CCS(=O)(=O)O.c1ccccc1. The molecule has 0 aliphatic heterocycles. The summed E-state index contributed by atoms with van der Waals surface area (Å²) in [4.78, 5) is 0. The van der Waals surface area contributed by atoms with Gasteiger partial charge in [-0.05, 0) is 6.92 Å². The molecule has 0 radical (unpaired) electrons. The second kappa shape index (κ2) is 10.2. The van der Waals surface area contributed by atoms with Gasteiger partial charge in [-0.3, -0.25) is 4.55 Å². The van der Waals surface area contributed by atoms with E-state index in [-0.39, 0.29) is 5.75 Å². The van der Waals surface area contributed by atoms with Crippen molar-refractivity contribution in [2.45, 2.75) is 20.8 Å². The average Bonchev–Trinajstić information content (AvgIpc) is 2.23. The van der Waals surface area contributed by atoms with Crippen molar-refractivity contribution in [3.63, 3.8) is 0 Å². The maximum absolute atomic E-state index is 9.56. The minimum absolute atomic E-state index is 0.201. The fourth-order valence-electron chi connectivity index (χ4n) is 0.385. The predicted octanol–water partition coefficient (Wildman–Crippen LogP) is 2.61. The van der Waals surface area contributed by atoms with Crippen LogP contribution in [0.5, 0.6) is 0 Å². The van der Waals surface area contributed by atoms with Crippen LogP contribution in [0.1, 0.15) is 20.8 Å². The first-order chi connectivity index (χ1) is 6.56. The van der Waals surface area contributed by atoms with E-state index in [1.54, 1.807) is 0 Å². The zero-order chi connectivity index (χ0) is 11.4. The Hall–Kier alpha value is -0.870. The topological polar surface area (TPSA) is 54.4 Å². The molecule has 0 fully saturated rings. The van der Waals surface area contributed by atoms with Crippen LogP contribution >= 0.6 is 0 Å². The van der Waals surface area contributed by atoms with E-state index in [1.165, 1.54) is 6.92 Å². The summed E-state index contributed by atoms with van der Waals surface area (Å²) in [6, 6.07) is 12.0. The van der Waals surface area contributed by atoms with Crippen LogP contribution in [0.2, 0.25) is 0 Å². The highest BCUT2D eigenvalue weighted by Gasteiger charge is 1.93. The van der Waals surface area contributed by atoms with E-state index in [4.69, 9.17) is 4.55 Å². The molecular weight excluding hydrogens is 200 g/mol. The van der Waals surface area contributed by atoms with Crippen molar-refractivity contribution in [2.24, 2.45) is 0 Å². The highest BCUT2D eigenvalue weighted by atomic mass is 32.2. The van der Waals surface area contributed by atoms with E-state index in [9.17, 15) is 8.42 Å². The van der Waals surface area contributed by atoms with Gasteiger partial charge in [0.1, 0.15) is 0 Å². The molecule has 0 heterocycles. The van der Waals surface area contributed by atoms with E-state index in [1.807, 2.05) is 50.2 Å². The fourth-order valence-corrected chi connectivity index (χ4v) is 0.385. The van der Waals surface area contributed by atoms with E-state index in [0.717, 1.165) is 0 Å². The largest absolute Gasteiger partial charge is 0.286 e. The second-order valence-corrected chi connectivity index (χ2v) is 3.77. The highest BCUT2D eigenvalue weighted by molar-refractivity contribution is 7.85. The summed E-state index contributed by atoms with van der Waals surface area (Å²) in [6.45, 7) is 5.37. The van der Waals surface area contributed by atoms with E-state index < -0.39 is 10.1 Å². The summed E-state index contributed by atoms with van der Waals surface area (Å²) in [6.07, 6.45) is 0. The third kappa shape index (κ3) is 17.3. The maximum atomic E-state index is 9.56. The lowest BCUT2D eigenvalue weighted by molar-refractivity contribution is 0.484. The molecule has 0 aromatic heterocycles. The fraction of sp³-hybridized carbons (Fsp3) is 0.400. The molecule has 1 aromatic carbocycles. The van der Waals surface area contributed by atoms with E-state index in [2.05, 4.69) is 0 Å². The molecule has 0 amide bonds. The van der Waals surface area contributed by atoms with Gasteiger partial charge in [0.15, 0.2) is 0 Å². The van der Waals surface area contributed by atoms with E-state index >= 15 is 0 Å². The molecule has 82 valence electrons. The molecule has 0 atom stereocenters. The van der Waals surface area contributed by atoms with Gasteiger partial charge in [-0.1, -0.05) is 50.2 Å². The van der Waals surface area contributed by atoms with Gasteiger partial charge in [-0.15, -0.1) is 0 Å². The van der Waals surface area contributed by atoms with Crippen LogP contribution in [-0.4, -0.2) is 18.7 Å². The first kappa shape index (κ1) is 15.6. The molecule has 1 N–H and O–H groups in total. The molecule has 3 nitrogen and oxygen atoms in total. The number of hydrogen-bond acceptors (Lipinski definition) is 2. The summed E-state index contributed by atoms with van der Waals surface area (Å²) in [5.41, 5.74) is 0. The summed E-state index contributed by atoms with van der Waals surface area (Å²) in [7, 11) is -3.66. The normalized spacial score (nSPS) is 8.86. The second-order valence-electron chi connectivity index (χ2n) is 2.03. The van der Waals surface area contributed by atoms with Crippen LogP contribution in [0, 0.1) is 0 Å². The Kier molecular flexibility index (Phi) is 11.4. The lowest BCUT2D eigenvalue weighted by Crippen LogP contribution is -1.97. The third-order valence-electron chi connectivity index (χ3n) is 1.03. The van der Waals surface area contributed by atoms with Crippen molar-refractivity contribution in [1.82, 2.24) is 0 Å². The molecule has 0 bridgehead atoms. The molecule has 1 rings (SSSR count). The highest BCUT2D eigenvalue weighted by Crippen LogP contribution is 1.79. The van der Waals surface area contributed by atoms with Gasteiger partial charge in [-0.2, -0.15) is 8.42 Å². The smallest absolute Gasteiger partial charge is 0.264 e. The zero-order valence-corrected chi connectivity index (χ0v) is 9.66. The lowest BCUT2D eigenvalue weighted by atomic mass is 10.4. The predicted molar refractivity (Wildman–Crippen MR) is 59.9 cm³/mol. The minimum Gasteiger partial charge on any atom is -0.286 e. The maximum Gasteiger partial charge on any atom is 0.264 e. The third-order valence-corrected chi connectivity index (χ3v) is 1.76. The average molecular weight is 218 g/mol. The van der Waals surface area contributed by atoms with Gasteiger partial charge in [0, 0.05) is 0 Å². The monoisotopic (exact) mass is 218 g/mol. The molecule has 0 aliphatic carbocycles. The van der Waals surface area contributed by atoms with Gasteiger partial charge in [0.25, 0.3) is 10.1 Å². The number of benzene rings is 1. The van der Waals surface area contributed by atoms with Crippen molar-refractivity contribution in [1.29, 1.82) is 0 Å². The summed E-state index contributed by atoms with van der Waals surface area (Å²) >= 11 is 0. The van der Waals surface area contributed by atoms with Gasteiger partial charge in [0.2, 0.25) is 0 Å². The Morgan fingerprint density at radius 2 is 1.07 bits per heavy atom. The molecule has 0 saturated heterocycles. The standard InChI is InChI=1S/C6H6.C2H6O3S.C2H6/c1-2-4-6-5-3-1;1-2-6(3,4)5;1-2/h1-6H;2H2,1H3,(H,3,4,5);1-2H3. The quantitative estimate of drug-likeness (QED) is 0.737. The Morgan fingerprint density at radius 1 is 0.929 bits per heavy atom. The molecule has 4 heteroatoms. The van der Waals surface area contributed by atoms with E-state index in [0.29, 0.717) is 0 Å². The lowest BCUT2D eigenvalue weighted by Gasteiger charge is -1.79. The van der Waals surface area contributed by atoms with Gasteiger partial charge < -0.3 is 0 Å². The molecule has 0 unspecified atom stereocenters. The summed E-state index contributed by atoms with van der Waals surface area (Å²) < 4.78 is 26.9. The van der Waals surface area contributed by atoms with Crippen LogP contribution < -0.4 is 0 Å². The van der Waals surface area contributed by atoms with Crippen LogP contribution in [0.4, 0.5) is 0 Å². The Morgan fingerprint density at radius 3 is 1.14 bits per heavy atom. The summed E-state index contributed by atoms with van der Waals surface area (Å²) in [5.74, 6) is -0.201. The zero-order valence-electron chi connectivity index (χ0n) is 8.84. The van der Waals surface area contributed by atoms with Crippen molar-refractivity contribution >= 4 is 10.1 Å². The van der Waals surface area contributed by atoms with Gasteiger partial charge in [-0.25, -0.2) is 0 Å². The first-order valence-electron chi connectivity index (χ1n) is 4.51. The van der Waals surface area contributed by atoms with Crippen LogP contribution in [0.3, 0.4) is 0 Å². The molecular formula is C10H18O3S. The number of rotatable bonds is 1. The summed E-state index contributed by atoms with van der Waals surface area (Å²) in [5, 5.41) is 0. The van der Waals surface area contributed by atoms with Crippen LogP contribution in [0.15, 0.2) is 36.4 Å². The van der Waals surface area contributed by atoms with Crippen molar-refractivity contribution in [3.8, 4) is 0 Å². The van der Waals surface area contributed by atoms with Crippen LogP contribution in [0.25, 0.3) is 0 Å². The molecule has 0 aliphatic rings. The Balaban J connectivity index is 0. The Bertz CT molecular complexity index is 253. The van der Waals surface area contributed by atoms with Gasteiger partial charge in [0.05, 0.1) is 5.75 Å². The molecule has 14 heavy (non-hydrogen) atoms. The van der Waals surface area contributed by atoms with Gasteiger partial charge >= 0.3 is 0 Å². The van der Waals surface area contributed by atoms with Crippen molar-refractivity contribution in [2.75, 3.05) is 5.75 Å². The first-order valence-corrected chi connectivity index (χ1v) is 6.12. The molecule has 1 aromatic rings. The van der Waals surface area contributed by atoms with Crippen molar-refractivity contribution in [3.05, 3.63) is 36.4 Å². The molecule has 0 spiro atoms. The molecule has 0 saturated carbocycles. The van der Waals surface area contributed by atoms with Crippen LogP contribution in [-0.2, 0) is 10.1 Å². The number of hydrogen-bond donors (Lipinski definition) is 1. The van der Waals surface area contributed by atoms with Crippen molar-refractivity contribution < 1.29 is 13.0 Å². The Labute approximate surface area is 86.5 Å².